The van der Waals surface area contributed by atoms with Gasteiger partial charge in [0.2, 0.25) is 0 Å². The first-order valence-corrected chi connectivity index (χ1v) is 13.0. The van der Waals surface area contributed by atoms with Gasteiger partial charge in [-0.05, 0) is 57.4 Å². The lowest BCUT2D eigenvalue weighted by molar-refractivity contribution is -0.123. The van der Waals surface area contributed by atoms with E-state index < -0.39 is 6.10 Å². The van der Waals surface area contributed by atoms with Crippen LogP contribution in [-0.2, 0) is 4.79 Å². The van der Waals surface area contributed by atoms with Crippen LogP contribution in [0.3, 0.4) is 0 Å². The van der Waals surface area contributed by atoms with Crippen molar-refractivity contribution in [2.75, 3.05) is 5.32 Å². The third-order valence-electron chi connectivity index (χ3n) is 6.52. The summed E-state index contributed by atoms with van der Waals surface area (Å²) in [7, 11) is 0. The Kier molecular flexibility index (Phi) is 8.20. The maximum absolute atomic E-state index is 13.5. The van der Waals surface area contributed by atoms with Crippen LogP contribution < -0.4 is 10.1 Å². The summed E-state index contributed by atoms with van der Waals surface area (Å²) in [5.74, 6) is 0.998. The molecule has 0 aliphatic carbocycles. The minimum Gasteiger partial charge on any atom is -0.480 e. The molecule has 0 bridgehead atoms. The van der Waals surface area contributed by atoms with Crippen molar-refractivity contribution >= 4 is 28.8 Å². The van der Waals surface area contributed by atoms with Gasteiger partial charge in [0.05, 0.1) is 5.69 Å². The fourth-order valence-corrected chi connectivity index (χ4v) is 4.66. The summed E-state index contributed by atoms with van der Waals surface area (Å²) in [6.45, 7) is 7.98. The smallest absolute Gasteiger partial charge is 0.265 e. The van der Waals surface area contributed by atoms with E-state index in [1.165, 1.54) is 0 Å². The fraction of sp³-hybridized carbons (Fsp3) is 0.345. The van der Waals surface area contributed by atoms with E-state index in [9.17, 15) is 10.1 Å². The molecule has 0 fully saturated rings. The first-order chi connectivity index (χ1) is 17.8. The molecule has 4 aromatic rings. The van der Waals surface area contributed by atoms with Crippen LogP contribution in [0.25, 0.3) is 17.0 Å². The predicted octanol–water partition coefficient (Wildman–Crippen LogP) is 7.14. The van der Waals surface area contributed by atoms with E-state index in [4.69, 9.17) is 16.3 Å². The number of carbonyl (C=O) groups excluding carboxylic acids is 1. The number of halogens is 1. The van der Waals surface area contributed by atoms with E-state index in [2.05, 4.69) is 34.5 Å². The third kappa shape index (κ3) is 5.65. The summed E-state index contributed by atoms with van der Waals surface area (Å²) in [6, 6.07) is 15.6. The number of para-hydroxylation sites is 1. The zero-order chi connectivity index (χ0) is 26.5. The van der Waals surface area contributed by atoms with Crippen molar-refractivity contribution in [3.8, 4) is 23.2 Å². The molecule has 8 heteroatoms. The molecule has 37 heavy (non-hydrogen) atoms. The molecule has 2 heterocycles. The zero-order valence-corrected chi connectivity index (χ0v) is 22.4. The summed E-state index contributed by atoms with van der Waals surface area (Å²) in [5, 5.41) is 16.2. The average Bonchev–Trinajstić information content (AvgIpc) is 3.40. The number of aromatic amines is 1. The number of unbranched alkanes of at least 4 members (excludes halogenated alkanes) is 3. The monoisotopic (exact) mass is 517 g/mol. The molecule has 2 N–H and O–H groups in total. The van der Waals surface area contributed by atoms with Crippen LogP contribution in [0, 0.1) is 32.1 Å². The maximum atomic E-state index is 13.5. The van der Waals surface area contributed by atoms with Gasteiger partial charge < -0.3 is 10.1 Å². The number of rotatable bonds is 10. The molecule has 7 nitrogen and oxygen atoms in total. The van der Waals surface area contributed by atoms with Gasteiger partial charge >= 0.3 is 0 Å². The molecule has 1 unspecified atom stereocenters. The quantitative estimate of drug-likeness (QED) is 0.218. The Morgan fingerprint density at radius 1 is 1.19 bits per heavy atom. The number of ether oxygens (including phenoxy) is 1. The van der Waals surface area contributed by atoms with Gasteiger partial charge in [0.25, 0.3) is 5.91 Å². The molecule has 0 aliphatic rings. The number of nitrogens with zero attached hydrogens (tertiary/aromatic N) is 3. The largest absolute Gasteiger partial charge is 0.480 e. The lowest BCUT2D eigenvalue weighted by Crippen LogP contribution is -2.33. The van der Waals surface area contributed by atoms with Gasteiger partial charge in [0, 0.05) is 11.1 Å². The van der Waals surface area contributed by atoms with Gasteiger partial charge in [0.15, 0.2) is 17.6 Å². The number of amides is 1. The number of benzene rings is 2. The number of hydrogen-bond donors (Lipinski definition) is 2. The third-order valence-corrected chi connectivity index (χ3v) is 6.97. The Morgan fingerprint density at radius 3 is 2.70 bits per heavy atom. The molecule has 2 aromatic carbocycles. The molecular formula is C29H32ClN5O2. The molecule has 0 spiro atoms. The van der Waals surface area contributed by atoms with E-state index in [0.29, 0.717) is 51.2 Å². The minimum absolute atomic E-state index is 0.214. The van der Waals surface area contributed by atoms with E-state index in [1.807, 2.05) is 50.2 Å². The van der Waals surface area contributed by atoms with Gasteiger partial charge in [-0.15, -0.1) is 0 Å². The van der Waals surface area contributed by atoms with Gasteiger partial charge in [-0.1, -0.05) is 67.6 Å². The number of nitriles is 1. The number of aryl methyl sites for hydroxylation is 2. The molecule has 1 atom stereocenters. The Labute approximate surface area is 222 Å². The number of hydrogen-bond acceptors (Lipinski definition) is 4. The van der Waals surface area contributed by atoms with Crippen molar-refractivity contribution < 1.29 is 9.53 Å². The summed E-state index contributed by atoms with van der Waals surface area (Å²) in [4.78, 5) is 18.2. The van der Waals surface area contributed by atoms with Crippen LogP contribution in [0.1, 0.15) is 61.3 Å². The Bertz CT molecular complexity index is 1460. The van der Waals surface area contributed by atoms with Gasteiger partial charge in [-0.2, -0.15) is 5.26 Å². The van der Waals surface area contributed by atoms with Gasteiger partial charge in [-0.3, -0.25) is 9.89 Å². The zero-order valence-electron chi connectivity index (χ0n) is 21.7. The second-order valence-corrected chi connectivity index (χ2v) is 9.75. The first-order valence-electron chi connectivity index (χ1n) is 12.6. The van der Waals surface area contributed by atoms with Gasteiger partial charge in [-0.25, -0.2) is 9.50 Å². The van der Waals surface area contributed by atoms with Crippen LogP contribution in [0.2, 0.25) is 5.15 Å². The first kappa shape index (κ1) is 26.3. The standard InChI is InChI=1S/C29H32ClN5O2/c1-5-6-7-8-13-25(37-24-15-14-18(2)16-19(24)3)29(36)32-23-12-10-9-11-21(23)27-33-28-22(17-31)20(4)26(30)35(28)34-27/h9-12,14-16,25H,5-8,13H2,1-4H3,(H,32,36)(H,33,34). The Balaban J connectivity index is 1.61. The van der Waals surface area contributed by atoms with Crippen LogP contribution >= 0.6 is 11.6 Å². The van der Waals surface area contributed by atoms with Crippen LogP contribution in [0.4, 0.5) is 5.69 Å². The fourth-order valence-electron chi connectivity index (χ4n) is 4.44. The maximum Gasteiger partial charge on any atom is 0.265 e. The molecule has 2 aromatic heterocycles. The highest BCUT2D eigenvalue weighted by molar-refractivity contribution is 6.31. The van der Waals surface area contributed by atoms with Crippen molar-refractivity contribution in [3.63, 3.8) is 0 Å². The van der Waals surface area contributed by atoms with Crippen LogP contribution in [0.5, 0.6) is 5.75 Å². The molecule has 0 aliphatic heterocycles. The van der Waals surface area contributed by atoms with Crippen molar-refractivity contribution in [1.29, 1.82) is 5.26 Å². The average molecular weight is 518 g/mol. The number of aromatic nitrogens is 3. The number of anilines is 1. The van der Waals surface area contributed by atoms with Crippen molar-refractivity contribution in [2.45, 2.75) is 65.9 Å². The molecule has 192 valence electrons. The van der Waals surface area contributed by atoms with Crippen LogP contribution in [-0.4, -0.2) is 26.6 Å². The second kappa shape index (κ2) is 11.5. The predicted molar refractivity (Wildman–Crippen MR) is 147 cm³/mol. The number of carbonyl (C=O) groups is 1. The number of fused-ring (bicyclic) bond motifs is 1. The molecule has 1 amide bonds. The molecular weight excluding hydrogens is 486 g/mol. The minimum atomic E-state index is -0.638. The summed E-state index contributed by atoms with van der Waals surface area (Å²) >= 11 is 6.42. The van der Waals surface area contributed by atoms with E-state index in [1.54, 1.807) is 11.4 Å². The summed E-state index contributed by atoms with van der Waals surface area (Å²) in [6.07, 6.45) is 4.18. The van der Waals surface area contributed by atoms with E-state index >= 15 is 0 Å². The molecule has 0 radical (unpaired) electrons. The van der Waals surface area contributed by atoms with Gasteiger partial charge in [0.1, 0.15) is 22.5 Å². The van der Waals surface area contributed by atoms with E-state index in [-0.39, 0.29) is 5.91 Å². The Hall–Kier alpha value is -3.76. The summed E-state index contributed by atoms with van der Waals surface area (Å²) < 4.78 is 7.85. The number of nitrogens with one attached hydrogen (secondary N) is 2. The topological polar surface area (TPSA) is 95.2 Å². The highest BCUT2D eigenvalue weighted by Crippen LogP contribution is 2.31. The highest BCUT2D eigenvalue weighted by atomic mass is 35.5. The van der Waals surface area contributed by atoms with Crippen molar-refractivity contribution in [3.05, 3.63) is 69.9 Å². The normalized spacial score (nSPS) is 11.9. The van der Waals surface area contributed by atoms with Crippen molar-refractivity contribution in [1.82, 2.24) is 14.6 Å². The Morgan fingerprint density at radius 2 is 1.97 bits per heavy atom. The lowest BCUT2D eigenvalue weighted by Gasteiger charge is -2.21. The lowest BCUT2D eigenvalue weighted by atomic mass is 10.1. The van der Waals surface area contributed by atoms with Crippen molar-refractivity contribution in [2.24, 2.45) is 0 Å². The molecule has 4 rings (SSSR count). The molecule has 0 saturated heterocycles. The molecule has 0 saturated carbocycles. The number of H-pyrrole nitrogens is 1. The SMILES string of the molecule is CCCCCCC(Oc1ccc(C)cc1C)C(=O)Nc1ccccc1-c1nc2c(C#N)c(C)c(Cl)n2[nH]1. The van der Waals surface area contributed by atoms with Crippen LogP contribution in [0.15, 0.2) is 42.5 Å². The highest BCUT2D eigenvalue weighted by Gasteiger charge is 2.24. The van der Waals surface area contributed by atoms with E-state index in [0.717, 1.165) is 36.8 Å². The summed E-state index contributed by atoms with van der Waals surface area (Å²) in [5.41, 5.74) is 4.97. The second-order valence-electron chi connectivity index (χ2n) is 9.39.